The highest BCUT2D eigenvalue weighted by Gasteiger charge is 2.18. The fraction of sp³-hybridized carbons (Fsp3) is 0.222. The molecule has 1 aromatic heterocycles. The number of hydrogen-bond acceptors (Lipinski definition) is 7. The summed E-state index contributed by atoms with van der Waals surface area (Å²) in [6, 6.07) is 23.0. The summed E-state index contributed by atoms with van der Waals surface area (Å²) in [6.07, 6.45) is 0.684. The number of rotatable bonds is 12. The van der Waals surface area contributed by atoms with Gasteiger partial charge in [-0.3, -0.25) is 9.36 Å². The Labute approximate surface area is 237 Å². The minimum Gasteiger partial charge on any atom is -0.378 e. The number of benzene rings is 3. The highest BCUT2D eigenvalue weighted by Crippen LogP contribution is 2.24. The molecule has 39 heavy (non-hydrogen) atoms. The molecule has 4 rings (SSSR count). The number of aromatic nitrogens is 3. The predicted octanol–water partition coefficient (Wildman–Crippen LogP) is 5.34. The minimum atomic E-state index is -3.61. The van der Waals surface area contributed by atoms with Crippen molar-refractivity contribution in [2.24, 2.45) is 0 Å². The first kappa shape index (κ1) is 28.6. The highest BCUT2D eigenvalue weighted by molar-refractivity contribution is 7.99. The van der Waals surface area contributed by atoms with Crippen molar-refractivity contribution in [3.63, 3.8) is 0 Å². The summed E-state index contributed by atoms with van der Waals surface area (Å²) >= 11 is 7.24. The monoisotopic (exact) mass is 584 g/mol. The lowest BCUT2D eigenvalue weighted by molar-refractivity contribution is -0.113. The van der Waals surface area contributed by atoms with Crippen molar-refractivity contribution in [1.29, 1.82) is 0 Å². The molecule has 0 aliphatic heterocycles. The molecule has 0 spiro atoms. The van der Waals surface area contributed by atoms with Crippen LogP contribution in [0, 0.1) is 0 Å². The van der Waals surface area contributed by atoms with Crippen LogP contribution in [0.3, 0.4) is 0 Å². The Bertz CT molecular complexity index is 1500. The van der Waals surface area contributed by atoms with Crippen LogP contribution in [0.1, 0.15) is 26.1 Å². The summed E-state index contributed by atoms with van der Waals surface area (Å²) in [6.45, 7) is 4.13. The molecule has 204 valence electrons. The van der Waals surface area contributed by atoms with E-state index in [4.69, 9.17) is 11.6 Å². The second-order valence-corrected chi connectivity index (χ2v) is 11.8. The Morgan fingerprint density at radius 2 is 1.64 bits per heavy atom. The van der Waals surface area contributed by atoms with Crippen molar-refractivity contribution >= 4 is 50.7 Å². The fourth-order valence-corrected chi connectivity index (χ4v) is 5.78. The summed E-state index contributed by atoms with van der Waals surface area (Å²) in [5.41, 5.74) is 2.27. The van der Waals surface area contributed by atoms with Crippen molar-refractivity contribution in [3.05, 3.63) is 89.7 Å². The molecule has 9 nitrogen and oxygen atoms in total. The standard InChI is InChI=1S/C27H29ClN6O3S2/c1-3-19(2)33-39(36,37)24-15-13-22(14-16-24)30-26(35)18-38-27-32-31-25(34(27)23-7-5-4-6-8-23)17-29-21-11-9-20(28)10-12-21/h4-16,19,29,33H,3,17-18H2,1-2H3,(H,30,35). The van der Waals surface area contributed by atoms with Crippen molar-refractivity contribution in [2.45, 2.75) is 42.9 Å². The number of nitrogens with zero attached hydrogens (tertiary/aromatic N) is 3. The maximum Gasteiger partial charge on any atom is 0.240 e. The molecule has 0 saturated heterocycles. The Balaban J connectivity index is 1.41. The van der Waals surface area contributed by atoms with Crippen molar-refractivity contribution in [2.75, 3.05) is 16.4 Å². The quantitative estimate of drug-likeness (QED) is 0.192. The number of thioether (sulfide) groups is 1. The van der Waals surface area contributed by atoms with E-state index in [1.165, 1.54) is 23.9 Å². The molecule has 1 amide bonds. The van der Waals surface area contributed by atoms with Crippen LogP contribution < -0.4 is 15.4 Å². The number of nitrogens with one attached hydrogen (secondary N) is 3. The van der Waals surface area contributed by atoms with Gasteiger partial charge in [0.15, 0.2) is 11.0 Å². The number of para-hydroxylation sites is 1. The molecular formula is C27H29ClN6O3S2. The van der Waals surface area contributed by atoms with E-state index in [-0.39, 0.29) is 22.6 Å². The van der Waals surface area contributed by atoms with E-state index in [1.807, 2.05) is 73.0 Å². The van der Waals surface area contributed by atoms with Crippen LogP contribution in [-0.2, 0) is 21.4 Å². The van der Waals surface area contributed by atoms with Gasteiger partial charge in [0.05, 0.1) is 17.2 Å². The summed E-state index contributed by atoms with van der Waals surface area (Å²) in [4.78, 5) is 12.8. The fourth-order valence-electron chi connectivity index (χ4n) is 3.55. The number of carbonyl (C=O) groups excluding carboxylic acids is 1. The molecule has 4 aromatic rings. The van der Waals surface area contributed by atoms with Gasteiger partial charge in [-0.1, -0.05) is 48.5 Å². The molecule has 3 N–H and O–H groups in total. The number of hydrogen-bond donors (Lipinski definition) is 3. The van der Waals surface area contributed by atoms with Gasteiger partial charge in [-0.05, 0) is 74.0 Å². The van der Waals surface area contributed by atoms with Gasteiger partial charge in [0, 0.05) is 28.1 Å². The zero-order chi connectivity index (χ0) is 27.8. The number of halogens is 1. The SMILES string of the molecule is CCC(C)NS(=O)(=O)c1ccc(NC(=O)CSc2nnc(CNc3ccc(Cl)cc3)n2-c2ccccc2)cc1. The number of carbonyl (C=O) groups is 1. The first-order chi connectivity index (χ1) is 18.7. The zero-order valence-electron chi connectivity index (χ0n) is 21.5. The number of amides is 1. The molecule has 0 fully saturated rings. The predicted molar refractivity (Wildman–Crippen MR) is 156 cm³/mol. The van der Waals surface area contributed by atoms with Crippen LogP contribution in [0.15, 0.2) is 88.9 Å². The third-order valence-electron chi connectivity index (χ3n) is 5.76. The van der Waals surface area contributed by atoms with Crippen LogP contribution in [0.2, 0.25) is 5.02 Å². The Morgan fingerprint density at radius 3 is 2.31 bits per heavy atom. The van der Waals surface area contributed by atoms with Crippen LogP contribution in [0.4, 0.5) is 11.4 Å². The molecule has 0 radical (unpaired) electrons. The maximum atomic E-state index is 12.7. The first-order valence-corrected chi connectivity index (χ1v) is 15.1. The molecule has 0 aliphatic carbocycles. The lowest BCUT2D eigenvalue weighted by Gasteiger charge is -2.13. The first-order valence-electron chi connectivity index (χ1n) is 12.3. The van der Waals surface area contributed by atoms with Crippen molar-refractivity contribution < 1.29 is 13.2 Å². The molecule has 1 unspecified atom stereocenters. The average molecular weight is 585 g/mol. The topological polar surface area (TPSA) is 118 Å². The molecule has 3 aromatic carbocycles. The van der Waals surface area contributed by atoms with E-state index in [9.17, 15) is 13.2 Å². The van der Waals surface area contributed by atoms with Gasteiger partial charge in [-0.15, -0.1) is 10.2 Å². The van der Waals surface area contributed by atoms with E-state index in [0.29, 0.717) is 34.7 Å². The Kier molecular flexibility index (Phi) is 9.63. The zero-order valence-corrected chi connectivity index (χ0v) is 23.9. The molecule has 0 saturated carbocycles. The van der Waals surface area contributed by atoms with Crippen molar-refractivity contribution in [1.82, 2.24) is 19.5 Å². The summed E-state index contributed by atoms with van der Waals surface area (Å²) in [5, 5.41) is 16.0. The Morgan fingerprint density at radius 1 is 0.974 bits per heavy atom. The number of sulfonamides is 1. The van der Waals surface area contributed by atoms with Crippen LogP contribution in [0.5, 0.6) is 0 Å². The summed E-state index contributed by atoms with van der Waals surface area (Å²) < 4.78 is 29.4. The van der Waals surface area contributed by atoms with E-state index in [0.717, 1.165) is 11.4 Å². The molecule has 12 heteroatoms. The third kappa shape index (κ3) is 7.82. The van der Waals surface area contributed by atoms with Gasteiger partial charge >= 0.3 is 0 Å². The Hall–Kier alpha value is -3.38. The van der Waals surface area contributed by atoms with E-state index < -0.39 is 10.0 Å². The van der Waals surface area contributed by atoms with Gasteiger partial charge < -0.3 is 10.6 Å². The average Bonchev–Trinajstić information content (AvgIpc) is 3.35. The molecule has 0 bridgehead atoms. The lowest BCUT2D eigenvalue weighted by Crippen LogP contribution is -2.31. The van der Waals surface area contributed by atoms with Crippen LogP contribution in [0.25, 0.3) is 5.69 Å². The van der Waals surface area contributed by atoms with E-state index in [1.54, 1.807) is 12.1 Å². The third-order valence-corrected chi connectivity index (χ3v) is 8.55. The smallest absolute Gasteiger partial charge is 0.240 e. The summed E-state index contributed by atoms with van der Waals surface area (Å²) in [7, 11) is -3.61. The molecule has 0 aliphatic rings. The molecule has 1 heterocycles. The molecule has 1 atom stereocenters. The largest absolute Gasteiger partial charge is 0.378 e. The van der Waals surface area contributed by atoms with Crippen molar-refractivity contribution in [3.8, 4) is 5.69 Å². The normalized spacial score (nSPS) is 12.2. The van der Waals surface area contributed by atoms with Crippen LogP contribution in [-0.4, -0.2) is 40.9 Å². The second kappa shape index (κ2) is 13.1. The van der Waals surface area contributed by atoms with E-state index in [2.05, 4.69) is 25.6 Å². The van der Waals surface area contributed by atoms with Gasteiger partial charge in [0.1, 0.15) is 0 Å². The lowest BCUT2D eigenvalue weighted by atomic mass is 10.3. The van der Waals surface area contributed by atoms with Gasteiger partial charge in [0.25, 0.3) is 0 Å². The van der Waals surface area contributed by atoms with Crippen LogP contribution >= 0.6 is 23.4 Å². The molecular weight excluding hydrogens is 556 g/mol. The van der Waals surface area contributed by atoms with Gasteiger partial charge in [0.2, 0.25) is 15.9 Å². The minimum absolute atomic E-state index is 0.0885. The summed E-state index contributed by atoms with van der Waals surface area (Å²) in [5.74, 6) is 0.518. The highest BCUT2D eigenvalue weighted by atomic mass is 35.5. The second-order valence-electron chi connectivity index (χ2n) is 8.72. The van der Waals surface area contributed by atoms with Gasteiger partial charge in [-0.2, -0.15) is 0 Å². The van der Waals surface area contributed by atoms with E-state index >= 15 is 0 Å². The van der Waals surface area contributed by atoms with Gasteiger partial charge in [-0.25, -0.2) is 13.1 Å². The maximum absolute atomic E-state index is 12.7. The number of anilines is 2.